The first kappa shape index (κ1) is 17.6. The average molecular weight is 352 g/mol. The van der Waals surface area contributed by atoms with E-state index in [0.29, 0.717) is 24.5 Å². The van der Waals surface area contributed by atoms with Gasteiger partial charge in [-0.05, 0) is 18.9 Å². The predicted molar refractivity (Wildman–Crippen MR) is 88.9 cm³/mol. The molecular weight excluding hydrogens is 330 g/mol. The molecule has 0 radical (unpaired) electrons. The van der Waals surface area contributed by atoms with Crippen molar-refractivity contribution in [3.8, 4) is 5.88 Å². The van der Waals surface area contributed by atoms with Gasteiger partial charge in [0.05, 0.1) is 0 Å². The largest absolute Gasteiger partial charge is 0.472 e. The van der Waals surface area contributed by atoms with Gasteiger partial charge in [0.25, 0.3) is 5.88 Å². The van der Waals surface area contributed by atoms with E-state index in [1.54, 1.807) is 18.6 Å². The zero-order chi connectivity index (χ0) is 17.7. The quantitative estimate of drug-likeness (QED) is 0.599. The summed E-state index contributed by atoms with van der Waals surface area (Å²) in [6.45, 7) is 2.97. The molecule has 1 aliphatic heterocycles. The summed E-state index contributed by atoms with van der Waals surface area (Å²) < 4.78 is 32.5. The van der Waals surface area contributed by atoms with Crippen LogP contribution in [-0.2, 0) is 4.79 Å². The van der Waals surface area contributed by atoms with Crippen molar-refractivity contribution in [1.82, 2.24) is 14.9 Å². The van der Waals surface area contributed by atoms with Gasteiger partial charge in [-0.25, -0.2) is 18.7 Å². The maximum Gasteiger partial charge on any atom is 0.257 e. The van der Waals surface area contributed by atoms with E-state index in [1.807, 2.05) is 0 Å². The summed E-state index contributed by atoms with van der Waals surface area (Å²) in [5.41, 5.74) is 0. The molecule has 1 saturated heterocycles. The molecule has 0 atom stereocenters. The average Bonchev–Trinajstić information content (AvgIpc) is 2.63. The lowest BCUT2D eigenvalue weighted by atomic mass is 9.94. The van der Waals surface area contributed by atoms with E-state index in [0.717, 1.165) is 32.5 Å². The highest BCUT2D eigenvalue weighted by Gasteiger charge is 2.36. The van der Waals surface area contributed by atoms with E-state index in [-0.39, 0.29) is 18.9 Å². The molecule has 2 fully saturated rings. The minimum atomic E-state index is -2.57. The van der Waals surface area contributed by atoms with Gasteiger partial charge in [0.15, 0.2) is 5.82 Å². The predicted octanol–water partition coefficient (Wildman–Crippen LogP) is 2.27. The SMILES string of the molecule is O=CC=CN1CCN(c2nccnc2OC2CCC(F)(F)CC2)CC1. The number of anilines is 1. The summed E-state index contributed by atoms with van der Waals surface area (Å²) >= 11 is 0. The lowest BCUT2D eigenvalue weighted by molar-refractivity contribution is -0.104. The molecule has 25 heavy (non-hydrogen) atoms. The first-order valence-corrected chi connectivity index (χ1v) is 8.54. The highest BCUT2D eigenvalue weighted by molar-refractivity contribution is 5.64. The third-order valence-electron chi connectivity index (χ3n) is 4.58. The second kappa shape index (κ2) is 7.76. The van der Waals surface area contributed by atoms with Gasteiger partial charge in [-0.1, -0.05) is 0 Å². The number of nitrogens with zero attached hydrogens (tertiary/aromatic N) is 4. The molecule has 3 rings (SSSR count). The van der Waals surface area contributed by atoms with Crippen LogP contribution in [0.2, 0.25) is 0 Å². The summed E-state index contributed by atoms with van der Waals surface area (Å²) in [6, 6.07) is 0. The fourth-order valence-electron chi connectivity index (χ4n) is 3.15. The number of hydrogen-bond donors (Lipinski definition) is 0. The molecule has 1 aliphatic carbocycles. The number of halogens is 2. The van der Waals surface area contributed by atoms with Crippen molar-refractivity contribution < 1.29 is 18.3 Å². The molecule has 1 saturated carbocycles. The first-order valence-electron chi connectivity index (χ1n) is 8.54. The van der Waals surface area contributed by atoms with Crippen LogP contribution < -0.4 is 9.64 Å². The molecule has 0 unspecified atom stereocenters. The molecule has 0 N–H and O–H groups in total. The number of aromatic nitrogens is 2. The zero-order valence-electron chi connectivity index (χ0n) is 14.0. The Hall–Kier alpha value is -2.25. The van der Waals surface area contributed by atoms with Crippen LogP contribution in [-0.4, -0.2) is 59.4 Å². The molecule has 1 aromatic heterocycles. The Bertz CT molecular complexity index is 608. The lowest BCUT2D eigenvalue weighted by Crippen LogP contribution is -2.44. The van der Waals surface area contributed by atoms with Gasteiger partial charge < -0.3 is 14.5 Å². The van der Waals surface area contributed by atoms with Crippen LogP contribution in [0.1, 0.15) is 25.7 Å². The number of allylic oxidation sites excluding steroid dienone is 1. The van der Waals surface area contributed by atoms with E-state index in [2.05, 4.69) is 19.8 Å². The first-order chi connectivity index (χ1) is 12.1. The van der Waals surface area contributed by atoms with Crippen molar-refractivity contribution in [3.05, 3.63) is 24.7 Å². The molecule has 6 nitrogen and oxygen atoms in total. The van der Waals surface area contributed by atoms with Crippen LogP contribution in [0.15, 0.2) is 24.7 Å². The van der Waals surface area contributed by atoms with Crippen LogP contribution in [0, 0.1) is 0 Å². The number of alkyl halides is 2. The molecule has 0 amide bonds. The third kappa shape index (κ3) is 4.64. The summed E-state index contributed by atoms with van der Waals surface area (Å²) in [5.74, 6) is -1.51. The van der Waals surface area contributed by atoms with E-state index >= 15 is 0 Å². The van der Waals surface area contributed by atoms with E-state index in [1.165, 1.54) is 6.08 Å². The van der Waals surface area contributed by atoms with Crippen molar-refractivity contribution >= 4 is 12.1 Å². The summed E-state index contributed by atoms with van der Waals surface area (Å²) in [4.78, 5) is 23.2. The zero-order valence-corrected chi connectivity index (χ0v) is 14.0. The molecule has 2 aliphatic rings. The van der Waals surface area contributed by atoms with Gasteiger partial charge in [-0.15, -0.1) is 0 Å². The summed E-state index contributed by atoms with van der Waals surface area (Å²) in [6.07, 6.45) is 7.30. The Kier molecular flexibility index (Phi) is 5.45. The van der Waals surface area contributed by atoms with Gasteiger partial charge in [0.2, 0.25) is 5.92 Å². The standard InChI is InChI=1S/C17H22F2N4O2/c18-17(19)4-2-14(3-5-17)25-16-15(20-6-7-21-16)23-11-9-22(10-12-23)8-1-13-24/h1,6-8,13-14H,2-5,9-12H2. The molecule has 0 spiro atoms. The number of carbonyl (C=O) groups excluding carboxylic acids is 1. The number of ether oxygens (including phenoxy) is 1. The third-order valence-corrected chi connectivity index (χ3v) is 4.58. The fraction of sp³-hybridized carbons (Fsp3) is 0.588. The van der Waals surface area contributed by atoms with E-state index < -0.39 is 5.92 Å². The molecule has 0 aromatic carbocycles. The Morgan fingerprint density at radius 2 is 1.80 bits per heavy atom. The number of hydrogen-bond acceptors (Lipinski definition) is 6. The Morgan fingerprint density at radius 1 is 1.12 bits per heavy atom. The van der Waals surface area contributed by atoms with Gasteiger partial charge in [0, 0.05) is 57.6 Å². The Labute approximate surface area is 145 Å². The van der Waals surface area contributed by atoms with Gasteiger partial charge in [-0.2, -0.15) is 0 Å². The van der Waals surface area contributed by atoms with Gasteiger partial charge in [0.1, 0.15) is 12.4 Å². The van der Waals surface area contributed by atoms with Crippen LogP contribution in [0.5, 0.6) is 5.88 Å². The maximum absolute atomic E-state index is 13.3. The molecule has 136 valence electrons. The van der Waals surface area contributed by atoms with Crippen molar-refractivity contribution in [2.45, 2.75) is 37.7 Å². The van der Waals surface area contributed by atoms with Gasteiger partial charge >= 0.3 is 0 Å². The minimum Gasteiger partial charge on any atom is -0.472 e. The highest BCUT2D eigenvalue weighted by atomic mass is 19.3. The number of aldehydes is 1. The summed E-state index contributed by atoms with van der Waals surface area (Å²) in [5, 5.41) is 0. The van der Waals surface area contributed by atoms with Crippen LogP contribution >= 0.6 is 0 Å². The van der Waals surface area contributed by atoms with E-state index in [9.17, 15) is 13.6 Å². The fourth-order valence-corrected chi connectivity index (χ4v) is 3.15. The Balaban J connectivity index is 1.62. The number of piperazine rings is 1. The van der Waals surface area contributed by atoms with Crippen LogP contribution in [0.25, 0.3) is 0 Å². The van der Waals surface area contributed by atoms with Gasteiger partial charge in [-0.3, -0.25) is 4.79 Å². The second-order valence-electron chi connectivity index (χ2n) is 6.36. The monoisotopic (exact) mass is 352 g/mol. The lowest BCUT2D eigenvalue weighted by Gasteiger charge is -2.35. The molecule has 8 heteroatoms. The van der Waals surface area contributed by atoms with Crippen molar-refractivity contribution in [2.24, 2.45) is 0 Å². The van der Waals surface area contributed by atoms with Crippen molar-refractivity contribution in [3.63, 3.8) is 0 Å². The van der Waals surface area contributed by atoms with Crippen LogP contribution in [0.4, 0.5) is 14.6 Å². The van der Waals surface area contributed by atoms with E-state index in [4.69, 9.17) is 4.74 Å². The minimum absolute atomic E-state index is 0.144. The molecule has 1 aromatic rings. The number of carbonyl (C=O) groups is 1. The van der Waals surface area contributed by atoms with Crippen LogP contribution in [0.3, 0.4) is 0 Å². The van der Waals surface area contributed by atoms with Crippen molar-refractivity contribution in [2.75, 3.05) is 31.1 Å². The smallest absolute Gasteiger partial charge is 0.257 e. The summed E-state index contributed by atoms with van der Waals surface area (Å²) in [7, 11) is 0. The maximum atomic E-state index is 13.3. The topological polar surface area (TPSA) is 58.6 Å². The van der Waals surface area contributed by atoms with Crippen molar-refractivity contribution in [1.29, 1.82) is 0 Å². The molecular formula is C17H22F2N4O2. The second-order valence-corrected chi connectivity index (χ2v) is 6.36. The highest BCUT2D eigenvalue weighted by Crippen LogP contribution is 2.35. The normalized spacial score (nSPS) is 21.5. The molecule has 2 heterocycles. The number of rotatable bonds is 5. The molecule has 0 bridgehead atoms. The Morgan fingerprint density at radius 3 is 2.48 bits per heavy atom.